The van der Waals surface area contributed by atoms with Crippen molar-refractivity contribution in [2.45, 2.75) is 17.8 Å². The molecule has 3 aromatic rings. The third kappa shape index (κ3) is 5.72. The normalized spacial score (nSPS) is 17.1. The van der Waals surface area contributed by atoms with Crippen molar-refractivity contribution in [3.63, 3.8) is 0 Å². The van der Waals surface area contributed by atoms with Crippen LogP contribution in [0.25, 0.3) is 0 Å². The molecule has 1 aromatic heterocycles. The molecule has 4 rings (SSSR count). The minimum absolute atomic E-state index is 0.227. The maximum Gasteiger partial charge on any atom is 0.255 e. The first-order chi connectivity index (χ1) is 17.4. The van der Waals surface area contributed by atoms with Gasteiger partial charge in [0.2, 0.25) is 5.91 Å². The summed E-state index contributed by atoms with van der Waals surface area (Å²) in [4.78, 5) is 32.9. The summed E-state index contributed by atoms with van der Waals surface area (Å²) in [6.07, 6.45) is 2.31. The largest absolute Gasteiger partial charge is 0.493 e. The number of pyridine rings is 1. The van der Waals surface area contributed by atoms with Crippen LogP contribution in [-0.2, 0) is 11.2 Å². The number of carbonyl (C=O) groups is 2. The molecule has 0 aliphatic carbocycles. The van der Waals surface area contributed by atoms with E-state index in [0.29, 0.717) is 40.8 Å². The molecule has 0 bridgehead atoms. The number of carbonyl (C=O) groups excluding carboxylic acids is 2. The zero-order valence-electron chi connectivity index (χ0n) is 19.7. The molecular formula is C26H25Cl2N3O4S. The number of rotatable bonds is 8. The Morgan fingerprint density at radius 3 is 2.56 bits per heavy atom. The highest BCUT2D eigenvalue weighted by Gasteiger charge is 2.42. The molecule has 2 amide bonds. The van der Waals surface area contributed by atoms with Gasteiger partial charge in [0.1, 0.15) is 11.4 Å². The van der Waals surface area contributed by atoms with E-state index in [9.17, 15) is 9.59 Å². The molecule has 1 aliphatic heterocycles. The number of nitrogens with zero attached hydrogens (tertiary/aromatic N) is 2. The van der Waals surface area contributed by atoms with Gasteiger partial charge in [0.05, 0.1) is 24.3 Å². The van der Waals surface area contributed by atoms with E-state index < -0.39 is 11.4 Å². The van der Waals surface area contributed by atoms with Gasteiger partial charge in [0, 0.05) is 36.2 Å². The molecule has 7 nitrogen and oxygen atoms in total. The van der Waals surface area contributed by atoms with Crippen molar-refractivity contribution >= 4 is 46.8 Å². The Balaban J connectivity index is 1.61. The van der Waals surface area contributed by atoms with Crippen molar-refractivity contribution < 1.29 is 19.1 Å². The Morgan fingerprint density at radius 1 is 1.06 bits per heavy atom. The van der Waals surface area contributed by atoms with Crippen molar-refractivity contribution in [2.75, 3.05) is 26.5 Å². The molecule has 1 aliphatic rings. The second-order valence-electron chi connectivity index (χ2n) is 8.02. The number of nitrogens with one attached hydrogen (secondary N) is 1. The number of methoxy groups -OCH3 is 2. The van der Waals surface area contributed by atoms with Crippen LogP contribution in [0.4, 0.5) is 0 Å². The summed E-state index contributed by atoms with van der Waals surface area (Å²) in [6.45, 7) is 0.410. The zero-order chi connectivity index (χ0) is 25.7. The van der Waals surface area contributed by atoms with Crippen LogP contribution < -0.4 is 14.8 Å². The molecule has 2 aromatic carbocycles. The van der Waals surface area contributed by atoms with Crippen LogP contribution in [-0.4, -0.2) is 54.3 Å². The fourth-order valence-electron chi connectivity index (χ4n) is 3.98. The maximum atomic E-state index is 13.7. The van der Waals surface area contributed by atoms with E-state index in [1.165, 1.54) is 17.8 Å². The van der Waals surface area contributed by atoms with E-state index in [1.54, 1.807) is 43.5 Å². The monoisotopic (exact) mass is 545 g/mol. The first-order valence-corrected chi connectivity index (χ1v) is 13.0. The van der Waals surface area contributed by atoms with Crippen LogP contribution in [0.2, 0.25) is 10.0 Å². The zero-order valence-corrected chi connectivity index (χ0v) is 22.1. The van der Waals surface area contributed by atoms with E-state index in [1.807, 2.05) is 30.3 Å². The predicted molar refractivity (Wildman–Crippen MR) is 142 cm³/mol. The van der Waals surface area contributed by atoms with Crippen LogP contribution in [0, 0.1) is 0 Å². The van der Waals surface area contributed by atoms with Crippen LogP contribution in [0.3, 0.4) is 0 Å². The molecule has 36 heavy (non-hydrogen) atoms. The third-order valence-corrected chi connectivity index (χ3v) is 7.87. The average Bonchev–Trinajstić information content (AvgIpc) is 3.35. The number of aromatic nitrogens is 1. The fraction of sp³-hybridized carbons (Fsp3) is 0.269. The topological polar surface area (TPSA) is 80.8 Å². The second-order valence-corrected chi connectivity index (χ2v) is 9.95. The van der Waals surface area contributed by atoms with Gasteiger partial charge in [-0.1, -0.05) is 35.3 Å². The lowest BCUT2D eigenvalue weighted by Gasteiger charge is -2.29. The highest BCUT2D eigenvalue weighted by molar-refractivity contribution is 7.99. The second kappa shape index (κ2) is 11.9. The Kier molecular flexibility index (Phi) is 8.61. The summed E-state index contributed by atoms with van der Waals surface area (Å²) in [5.41, 5.74) is 2.05. The van der Waals surface area contributed by atoms with Gasteiger partial charge in [-0.2, -0.15) is 0 Å². The quantitative estimate of drug-likeness (QED) is 0.428. The molecule has 1 fully saturated rings. The standard InChI is InChI=1S/C26H25Cl2N3O4S/c1-34-22-9-7-17(14-23(22)35-2)26-31(25(33)16-6-8-19(27)20(28)13-16)21(15-36-26)24(32)30-12-10-18-5-3-4-11-29-18/h3-9,11,13-14,21,26H,10,12,15H2,1-2H3,(H,30,32). The molecule has 0 saturated carbocycles. The summed E-state index contributed by atoms with van der Waals surface area (Å²) in [6, 6.07) is 15.2. The number of hydrogen-bond donors (Lipinski definition) is 1. The smallest absolute Gasteiger partial charge is 0.255 e. The number of benzene rings is 2. The Hall–Kier alpha value is -2.94. The summed E-state index contributed by atoms with van der Waals surface area (Å²) in [7, 11) is 3.12. The summed E-state index contributed by atoms with van der Waals surface area (Å²) >= 11 is 13.8. The predicted octanol–water partition coefficient (Wildman–Crippen LogP) is 5.02. The first-order valence-electron chi connectivity index (χ1n) is 11.2. The van der Waals surface area contributed by atoms with Crippen LogP contribution >= 0.6 is 35.0 Å². The Labute approximate surface area is 224 Å². The van der Waals surface area contributed by atoms with Gasteiger partial charge < -0.3 is 19.7 Å². The summed E-state index contributed by atoms with van der Waals surface area (Å²) < 4.78 is 10.8. The van der Waals surface area contributed by atoms with Gasteiger partial charge in [0.25, 0.3) is 5.91 Å². The average molecular weight is 546 g/mol. The lowest BCUT2D eigenvalue weighted by Crippen LogP contribution is -2.48. The highest BCUT2D eigenvalue weighted by atomic mass is 35.5. The maximum absolute atomic E-state index is 13.7. The summed E-state index contributed by atoms with van der Waals surface area (Å²) in [5.74, 6) is 1.01. The van der Waals surface area contributed by atoms with E-state index in [4.69, 9.17) is 32.7 Å². The number of amides is 2. The Bertz CT molecular complexity index is 1250. The van der Waals surface area contributed by atoms with E-state index >= 15 is 0 Å². The van der Waals surface area contributed by atoms with Gasteiger partial charge in [-0.3, -0.25) is 14.6 Å². The third-order valence-electron chi connectivity index (χ3n) is 5.80. The SMILES string of the molecule is COc1ccc(C2SCC(C(=O)NCCc3ccccn3)N2C(=O)c2ccc(Cl)c(Cl)c2)cc1OC. The van der Waals surface area contributed by atoms with Crippen LogP contribution in [0.1, 0.15) is 27.0 Å². The van der Waals surface area contributed by atoms with Crippen LogP contribution in [0.15, 0.2) is 60.8 Å². The van der Waals surface area contributed by atoms with Crippen molar-refractivity contribution in [1.82, 2.24) is 15.2 Å². The van der Waals surface area contributed by atoms with Gasteiger partial charge in [-0.25, -0.2) is 0 Å². The fourth-order valence-corrected chi connectivity index (χ4v) is 5.69. The minimum Gasteiger partial charge on any atom is -0.493 e. The van der Waals surface area contributed by atoms with E-state index in [-0.39, 0.29) is 16.8 Å². The van der Waals surface area contributed by atoms with Crippen LogP contribution in [0.5, 0.6) is 11.5 Å². The number of thioether (sulfide) groups is 1. The lowest BCUT2D eigenvalue weighted by atomic mass is 10.1. The lowest BCUT2D eigenvalue weighted by molar-refractivity contribution is -0.124. The van der Waals surface area contributed by atoms with Crippen molar-refractivity contribution in [3.05, 3.63) is 87.7 Å². The van der Waals surface area contributed by atoms with E-state index in [2.05, 4.69) is 10.3 Å². The highest BCUT2D eigenvalue weighted by Crippen LogP contribution is 2.44. The van der Waals surface area contributed by atoms with Crippen molar-refractivity contribution in [2.24, 2.45) is 0 Å². The minimum atomic E-state index is -0.682. The van der Waals surface area contributed by atoms with E-state index in [0.717, 1.165) is 11.3 Å². The number of hydrogen-bond acceptors (Lipinski definition) is 6. The summed E-state index contributed by atoms with van der Waals surface area (Å²) in [5, 5.41) is 3.17. The van der Waals surface area contributed by atoms with Gasteiger partial charge in [0.15, 0.2) is 11.5 Å². The molecule has 2 atom stereocenters. The first kappa shape index (κ1) is 26.1. The van der Waals surface area contributed by atoms with Crippen molar-refractivity contribution in [3.8, 4) is 11.5 Å². The molecule has 2 heterocycles. The van der Waals surface area contributed by atoms with Gasteiger partial charge in [-0.15, -0.1) is 11.8 Å². The molecule has 188 valence electrons. The van der Waals surface area contributed by atoms with Crippen molar-refractivity contribution in [1.29, 1.82) is 0 Å². The molecular weight excluding hydrogens is 521 g/mol. The molecule has 2 unspecified atom stereocenters. The molecule has 0 radical (unpaired) electrons. The molecule has 1 N–H and O–H groups in total. The number of halogens is 2. The van der Waals surface area contributed by atoms with Gasteiger partial charge in [-0.05, 0) is 48.0 Å². The van der Waals surface area contributed by atoms with Gasteiger partial charge >= 0.3 is 0 Å². The molecule has 0 spiro atoms. The molecule has 1 saturated heterocycles. The number of ether oxygens (including phenoxy) is 2. The molecule has 10 heteroatoms. The Morgan fingerprint density at radius 2 is 1.86 bits per heavy atom.